The van der Waals surface area contributed by atoms with Crippen molar-refractivity contribution in [3.05, 3.63) is 24.0 Å². The van der Waals surface area contributed by atoms with Gasteiger partial charge in [-0.2, -0.15) is 0 Å². The van der Waals surface area contributed by atoms with Crippen molar-refractivity contribution in [1.29, 1.82) is 0 Å². The van der Waals surface area contributed by atoms with Crippen molar-refractivity contribution in [3.8, 4) is 5.75 Å². The second-order valence-corrected chi connectivity index (χ2v) is 4.57. The van der Waals surface area contributed by atoms with Crippen LogP contribution in [0, 0.1) is 5.82 Å². The molecule has 0 radical (unpaired) electrons. The van der Waals surface area contributed by atoms with Gasteiger partial charge in [-0.05, 0) is 25.3 Å². The largest absolute Gasteiger partial charge is 0.497 e. The van der Waals surface area contributed by atoms with Crippen LogP contribution in [0.2, 0.25) is 0 Å². The predicted octanol–water partition coefficient (Wildman–Crippen LogP) is 3.10. The topological polar surface area (TPSA) is 40.2 Å². The number of aromatic nitrogens is 1. The van der Waals surface area contributed by atoms with Crippen LogP contribution < -0.4 is 10.5 Å². The lowest BCUT2D eigenvalue weighted by Gasteiger charge is -2.29. The number of hydrogen-bond donors (Lipinski definition) is 1. The number of halogens is 1. The Kier molecular flexibility index (Phi) is 2.24. The second kappa shape index (κ2) is 3.65. The SMILES string of the molecule is COc1cc(F)c2cc(N)n(C3CCC3)c2c1. The summed E-state index contributed by atoms with van der Waals surface area (Å²) in [6.07, 6.45) is 3.45. The molecule has 1 aromatic carbocycles. The van der Waals surface area contributed by atoms with Gasteiger partial charge in [0.2, 0.25) is 0 Å². The Bertz CT molecular complexity index is 572. The second-order valence-electron chi connectivity index (χ2n) is 4.57. The number of methoxy groups -OCH3 is 1. The minimum atomic E-state index is -0.274. The van der Waals surface area contributed by atoms with Crippen molar-refractivity contribution in [1.82, 2.24) is 4.57 Å². The molecule has 1 fully saturated rings. The maximum Gasteiger partial charge on any atom is 0.136 e. The van der Waals surface area contributed by atoms with E-state index in [1.165, 1.54) is 12.5 Å². The Morgan fingerprint density at radius 1 is 1.35 bits per heavy atom. The summed E-state index contributed by atoms with van der Waals surface area (Å²) in [5, 5.41) is 0.579. The van der Waals surface area contributed by atoms with Gasteiger partial charge in [-0.25, -0.2) is 4.39 Å². The molecule has 2 N–H and O–H groups in total. The Hall–Kier alpha value is -1.71. The first kappa shape index (κ1) is 10.4. The number of nitrogens with two attached hydrogens (primary N) is 1. The molecule has 90 valence electrons. The van der Waals surface area contributed by atoms with Crippen LogP contribution in [-0.2, 0) is 0 Å². The van der Waals surface area contributed by atoms with Gasteiger partial charge in [0.1, 0.15) is 17.4 Å². The lowest BCUT2D eigenvalue weighted by Crippen LogP contribution is -2.18. The molecule has 0 saturated heterocycles. The Morgan fingerprint density at radius 2 is 2.12 bits per heavy atom. The summed E-state index contributed by atoms with van der Waals surface area (Å²) in [6, 6.07) is 5.38. The Labute approximate surface area is 99.0 Å². The lowest BCUT2D eigenvalue weighted by atomic mass is 9.93. The van der Waals surface area contributed by atoms with Crippen LogP contribution in [0.1, 0.15) is 25.3 Å². The molecule has 1 saturated carbocycles. The molecule has 0 unspecified atom stereocenters. The molecule has 0 aliphatic heterocycles. The summed E-state index contributed by atoms with van der Waals surface area (Å²) in [5.74, 6) is 0.898. The molecular weight excluding hydrogens is 219 g/mol. The van der Waals surface area contributed by atoms with Gasteiger partial charge in [-0.1, -0.05) is 0 Å². The summed E-state index contributed by atoms with van der Waals surface area (Å²) in [7, 11) is 1.54. The summed E-state index contributed by atoms with van der Waals surface area (Å²) >= 11 is 0. The fraction of sp³-hybridized carbons (Fsp3) is 0.385. The first-order valence-corrected chi connectivity index (χ1v) is 5.84. The fourth-order valence-electron chi connectivity index (χ4n) is 2.45. The Morgan fingerprint density at radius 3 is 2.71 bits per heavy atom. The number of rotatable bonds is 2. The normalized spacial score (nSPS) is 16.1. The smallest absolute Gasteiger partial charge is 0.136 e. The minimum Gasteiger partial charge on any atom is -0.497 e. The van der Waals surface area contributed by atoms with Crippen LogP contribution in [-0.4, -0.2) is 11.7 Å². The van der Waals surface area contributed by atoms with Crippen LogP contribution in [0.4, 0.5) is 10.2 Å². The maximum absolute atomic E-state index is 13.9. The van der Waals surface area contributed by atoms with Gasteiger partial charge in [-0.15, -0.1) is 0 Å². The van der Waals surface area contributed by atoms with Gasteiger partial charge in [0.05, 0.1) is 12.6 Å². The number of ether oxygens (including phenoxy) is 1. The van der Waals surface area contributed by atoms with E-state index in [-0.39, 0.29) is 5.82 Å². The van der Waals surface area contributed by atoms with Crippen LogP contribution in [0.5, 0.6) is 5.75 Å². The first-order chi connectivity index (χ1) is 8.20. The van der Waals surface area contributed by atoms with E-state index in [9.17, 15) is 4.39 Å². The molecule has 2 aromatic rings. The van der Waals surface area contributed by atoms with Crippen LogP contribution in [0.15, 0.2) is 18.2 Å². The van der Waals surface area contributed by atoms with Crippen molar-refractivity contribution in [2.75, 3.05) is 12.8 Å². The van der Waals surface area contributed by atoms with Crippen molar-refractivity contribution in [2.45, 2.75) is 25.3 Å². The van der Waals surface area contributed by atoms with Crippen LogP contribution >= 0.6 is 0 Å². The number of hydrogen-bond acceptors (Lipinski definition) is 2. The summed E-state index contributed by atoms with van der Waals surface area (Å²) < 4.78 is 21.0. The highest BCUT2D eigenvalue weighted by atomic mass is 19.1. The monoisotopic (exact) mass is 234 g/mol. The van der Waals surface area contributed by atoms with E-state index in [0.29, 0.717) is 23.0 Å². The molecule has 3 nitrogen and oxygen atoms in total. The molecule has 0 bridgehead atoms. The molecule has 1 aliphatic rings. The van der Waals surface area contributed by atoms with E-state index in [1.54, 1.807) is 13.2 Å². The highest BCUT2D eigenvalue weighted by molar-refractivity contribution is 5.86. The lowest BCUT2D eigenvalue weighted by molar-refractivity contribution is 0.324. The Balaban J connectivity index is 2.25. The molecule has 0 atom stereocenters. The third kappa shape index (κ3) is 1.47. The van der Waals surface area contributed by atoms with Gasteiger partial charge in [0.25, 0.3) is 0 Å². The maximum atomic E-state index is 13.9. The zero-order valence-corrected chi connectivity index (χ0v) is 9.74. The van der Waals surface area contributed by atoms with E-state index in [2.05, 4.69) is 0 Å². The zero-order valence-electron chi connectivity index (χ0n) is 9.74. The third-order valence-electron chi connectivity index (χ3n) is 3.59. The fourth-order valence-corrected chi connectivity index (χ4v) is 2.45. The molecular formula is C13H15FN2O. The standard InChI is InChI=1S/C13H15FN2O/c1-17-9-5-11(14)10-7-13(15)16(12(10)6-9)8-3-2-4-8/h5-8H,2-4,15H2,1H3. The quantitative estimate of drug-likeness (QED) is 0.867. The van der Waals surface area contributed by atoms with Gasteiger partial charge in [0.15, 0.2) is 0 Å². The first-order valence-electron chi connectivity index (χ1n) is 5.84. The summed E-state index contributed by atoms with van der Waals surface area (Å²) in [4.78, 5) is 0. The molecule has 0 spiro atoms. The predicted molar refractivity (Wildman–Crippen MR) is 65.7 cm³/mol. The van der Waals surface area contributed by atoms with E-state index >= 15 is 0 Å². The summed E-state index contributed by atoms with van der Waals surface area (Å²) in [5.41, 5.74) is 6.82. The highest BCUT2D eigenvalue weighted by Crippen LogP contribution is 2.39. The van der Waals surface area contributed by atoms with Crippen molar-refractivity contribution < 1.29 is 9.13 Å². The molecule has 1 aliphatic carbocycles. The van der Waals surface area contributed by atoms with Crippen molar-refractivity contribution in [2.24, 2.45) is 0 Å². The van der Waals surface area contributed by atoms with Gasteiger partial charge in [0, 0.05) is 23.6 Å². The molecule has 17 heavy (non-hydrogen) atoms. The van der Waals surface area contributed by atoms with Crippen LogP contribution in [0.3, 0.4) is 0 Å². The van der Waals surface area contributed by atoms with Crippen molar-refractivity contribution >= 4 is 16.7 Å². The molecule has 0 amide bonds. The average molecular weight is 234 g/mol. The molecule has 3 rings (SSSR count). The third-order valence-corrected chi connectivity index (χ3v) is 3.59. The van der Waals surface area contributed by atoms with Crippen LogP contribution in [0.25, 0.3) is 10.9 Å². The number of fused-ring (bicyclic) bond motifs is 1. The van der Waals surface area contributed by atoms with Gasteiger partial charge >= 0.3 is 0 Å². The average Bonchev–Trinajstić information content (AvgIpc) is 2.55. The highest BCUT2D eigenvalue weighted by Gasteiger charge is 2.24. The summed E-state index contributed by atoms with van der Waals surface area (Å²) in [6.45, 7) is 0. The van der Waals surface area contributed by atoms with E-state index < -0.39 is 0 Å². The molecule has 1 heterocycles. The van der Waals surface area contributed by atoms with Gasteiger partial charge < -0.3 is 15.0 Å². The number of benzene rings is 1. The van der Waals surface area contributed by atoms with Gasteiger partial charge in [-0.3, -0.25) is 0 Å². The minimum absolute atomic E-state index is 0.274. The van der Waals surface area contributed by atoms with E-state index in [4.69, 9.17) is 10.5 Å². The van der Waals surface area contributed by atoms with E-state index in [1.807, 2.05) is 10.6 Å². The zero-order chi connectivity index (χ0) is 12.0. The number of nitrogens with zero attached hydrogens (tertiary/aromatic N) is 1. The van der Waals surface area contributed by atoms with Crippen molar-refractivity contribution in [3.63, 3.8) is 0 Å². The van der Waals surface area contributed by atoms with E-state index in [0.717, 1.165) is 18.4 Å². The molecule has 1 aromatic heterocycles. The number of nitrogen functional groups attached to an aromatic ring is 1. The molecule has 4 heteroatoms. The number of anilines is 1.